The fourth-order valence-corrected chi connectivity index (χ4v) is 1.64. The van der Waals surface area contributed by atoms with Crippen molar-refractivity contribution in [2.24, 2.45) is 5.92 Å². The Labute approximate surface area is 107 Å². The first-order chi connectivity index (χ1) is 8.40. The van der Waals surface area contributed by atoms with Crippen molar-refractivity contribution < 1.29 is 14.7 Å². The molecule has 2 N–H and O–H groups in total. The highest BCUT2D eigenvalue weighted by Gasteiger charge is 2.21. The summed E-state index contributed by atoms with van der Waals surface area (Å²) in [5.74, 6) is -1.08. The van der Waals surface area contributed by atoms with Gasteiger partial charge in [-0.25, -0.2) is 4.79 Å². The Morgan fingerprint density at radius 2 is 1.78 bits per heavy atom. The number of carboxylic acid groups (broad SMARTS) is 1. The van der Waals surface area contributed by atoms with E-state index in [4.69, 9.17) is 5.11 Å². The van der Waals surface area contributed by atoms with E-state index in [-0.39, 0.29) is 11.8 Å². The monoisotopic (exact) mass is 249 g/mol. The van der Waals surface area contributed by atoms with E-state index in [1.165, 1.54) is 0 Å². The first kappa shape index (κ1) is 14.2. The lowest BCUT2D eigenvalue weighted by molar-refractivity contribution is -0.142. The molecular formula is C14H19NO3. The van der Waals surface area contributed by atoms with Gasteiger partial charge in [-0.15, -0.1) is 0 Å². The van der Waals surface area contributed by atoms with Crippen molar-refractivity contribution in [3.05, 3.63) is 35.4 Å². The molecule has 1 aromatic carbocycles. The fraction of sp³-hybridized carbons (Fsp3) is 0.429. The van der Waals surface area contributed by atoms with Crippen LogP contribution < -0.4 is 5.32 Å². The molecule has 0 aromatic heterocycles. The van der Waals surface area contributed by atoms with Crippen molar-refractivity contribution in [1.29, 1.82) is 0 Å². The summed E-state index contributed by atoms with van der Waals surface area (Å²) in [5, 5.41) is 11.7. The Kier molecular flexibility index (Phi) is 4.89. The molecule has 1 rings (SSSR count). The molecule has 0 saturated carbocycles. The molecule has 0 heterocycles. The highest BCUT2D eigenvalue weighted by Crippen LogP contribution is 2.15. The third-order valence-electron chi connectivity index (χ3n) is 2.56. The normalized spacial score (nSPS) is 12.2. The molecule has 1 unspecified atom stereocenters. The number of aryl methyl sites for hydroxylation is 1. The van der Waals surface area contributed by atoms with E-state index in [2.05, 4.69) is 5.32 Å². The lowest BCUT2D eigenvalue weighted by Crippen LogP contribution is -2.34. The van der Waals surface area contributed by atoms with Crippen molar-refractivity contribution in [1.82, 2.24) is 5.32 Å². The average Bonchev–Trinajstić information content (AvgIpc) is 2.26. The predicted octanol–water partition coefficient (Wildman–Crippen LogP) is 2.28. The van der Waals surface area contributed by atoms with Crippen LogP contribution in [0.25, 0.3) is 0 Å². The highest BCUT2D eigenvalue weighted by atomic mass is 16.4. The number of carbonyl (C=O) groups is 2. The molecular weight excluding hydrogens is 230 g/mol. The minimum Gasteiger partial charge on any atom is -0.479 e. The number of nitrogens with one attached hydrogen (secondary N) is 1. The molecule has 1 atom stereocenters. The van der Waals surface area contributed by atoms with Gasteiger partial charge in [0.1, 0.15) is 0 Å². The second-order valence-electron chi connectivity index (χ2n) is 4.85. The van der Waals surface area contributed by atoms with Gasteiger partial charge < -0.3 is 10.4 Å². The Hall–Kier alpha value is -1.84. The smallest absolute Gasteiger partial charge is 0.330 e. The summed E-state index contributed by atoms with van der Waals surface area (Å²) in [6.07, 6.45) is 0.329. The molecule has 0 spiro atoms. The Bertz CT molecular complexity index is 423. The first-order valence-electron chi connectivity index (χ1n) is 5.99. The molecule has 4 heteroatoms. The van der Waals surface area contributed by atoms with Gasteiger partial charge in [0, 0.05) is 6.42 Å². The number of carbonyl (C=O) groups excluding carboxylic acids is 1. The van der Waals surface area contributed by atoms with Gasteiger partial charge in [0.05, 0.1) is 0 Å². The number of rotatable bonds is 5. The van der Waals surface area contributed by atoms with E-state index >= 15 is 0 Å². The van der Waals surface area contributed by atoms with Crippen molar-refractivity contribution in [2.75, 3.05) is 0 Å². The minimum atomic E-state index is -1.05. The SMILES string of the molecule is Cc1ccc(C(NC(=O)CC(C)C)C(=O)O)cc1. The summed E-state index contributed by atoms with van der Waals surface area (Å²) in [7, 11) is 0. The number of hydrogen-bond donors (Lipinski definition) is 2. The standard InChI is InChI=1S/C14H19NO3/c1-9(2)8-12(16)15-13(14(17)18)11-6-4-10(3)5-7-11/h4-7,9,13H,8H2,1-3H3,(H,15,16)(H,17,18). The summed E-state index contributed by atoms with van der Waals surface area (Å²) in [6.45, 7) is 5.76. The quantitative estimate of drug-likeness (QED) is 0.841. The Morgan fingerprint density at radius 3 is 2.22 bits per heavy atom. The molecule has 0 aliphatic rings. The van der Waals surface area contributed by atoms with Gasteiger partial charge in [0.15, 0.2) is 6.04 Å². The van der Waals surface area contributed by atoms with Crippen LogP contribution in [0.5, 0.6) is 0 Å². The maximum atomic E-state index is 11.6. The maximum absolute atomic E-state index is 11.6. The van der Waals surface area contributed by atoms with Crippen LogP contribution in [0.2, 0.25) is 0 Å². The van der Waals surface area contributed by atoms with Gasteiger partial charge in [0.25, 0.3) is 0 Å². The van der Waals surface area contributed by atoms with E-state index in [9.17, 15) is 9.59 Å². The topological polar surface area (TPSA) is 66.4 Å². The molecule has 4 nitrogen and oxygen atoms in total. The van der Waals surface area contributed by atoms with Gasteiger partial charge in [-0.1, -0.05) is 43.7 Å². The third-order valence-corrected chi connectivity index (χ3v) is 2.56. The second-order valence-corrected chi connectivity index (χ2v) is 4.85. The lowest BCUT2D eigenvalue weighted by Gasteiger charge is -2.16. The molecule has 0 aliphatic carbocycles. The van der Waals surface area contributed by atoms with Crippen LogP contribution in [-0.4, -0.2) is 17.0 Å². The number of amides is 1. The molecule has 0 aliphatic heterocycles. The van der Waals surface area contributed by atoms with Crippen LogP contribution in [0.4, 0.5) is 0 Å². The van der Waals surface area contributed by atoms with E-state index in [0.29, 0.717) is 12.0 Å². The second kappa shape index (κ2) is 6.19. The highest BCUT2D eigenvalue weighted by molar-refractivity contribution is 5.84. The number of benzene rings is 1. The molecule has 0 fully saturated rings. The van der Waals surface area contributed by atoms with Crippen LogP contribution in [0.3, 0.4) is 0 Å². The fourth-order valence-electron chi connectivity index (χ4n) is 1.64. The summed E-state index contributed by atoms with van der Waals surface area (Å²) in [4.78, 5) is 22.8. The molecule has 0 saturated heterocycles. The summed E-state index contributed by atoms with van der Waals surface area (Å²) in [5.41, 5.74) is 1.64. The zero-order chi connectivity index (χ0) is 13.7. The maximum Gasteiger partial charge on any atom is 0.330 e. The first-order valence-corrected chi connectivity index (χ1v) is 5.99. The van der Waals surface area contributed by atoms with Crippen LogP contribution >= 0.6 is 0 Å². The molecule has 1 amide bonds. The zero-order valence-electron chi connectivity index (χ0n) is 10.9. The number of aliphatic carboxylic acids is 1. The number of hydrogen-bond acceptors (Lipinski definition) is 2. The molecule has 0 bridgehead atoms. The van der Waals surface area contributed by atoms with Gasteiger partial charge in [-0.3, -0.25) is 4.79 Å². The van der Waals surface area contributed by atoms with Gasteiger partial charge in [0.2, 0.25) is 5.91 Å². The van der Waals surface area contributed by atoms with Crippen LogP contribution in [-0.2, 0) is 9.59 Å². The largest absolute Gasteiger partial charge is 0.479 e. The van der Waals surface area contributed by atoms with E-state index in [1.54, 1.807) is 12.1 Å². The summed E-state index contributed by atoms with van der Waals surface area (Å²) >= 11 is 0. The Morgan fingerprint density at radius 1 is 1.22 bits per heavy atom. The molecule has 98 valence electrons. The molecule has 0 radical (unpaired) electrons. The van der Waals surface area contributed by atoms with E-state index in [0.717, 1.165) is 5.56 Å². The third kappa shape index (κ3) is 4.20. The van der Waals surface area contributed by atoms with Gasteiger partial charge in [-0.2, -0.15) is 0 Å². The molecule has 18 heavy (non-hydrogen) atoms. The zero-order valence-corrected chi connectivity index (χ0v) is 10.9. The van der Waals surface area contributed by atoms with Crippen molar-refractivity contribution in [3.63, 3.8) is 0 Å². The lowest BCUT2D eigenvalue weighted by atomic mass is 10.0. The van der Waals surface area contributed by atoms with Crippen LogP contribution in [0.15, 0.2) is 24.3 Å². The number of carboxylic acids is 1. The minimum absolute atomic E-state index is 0.206. The van der Waals surface area contributed by atoms with Crippen LogP contribution in [0, 0.1) is 12.8 Å². The Balaban J connectivity index is 2.80. The summed E-state index contributed by atoms with van der Waals surface area (Å²) < 4.78 is 0. The van der Waals surface area contributed by atoms with E-state index in [1.807, 2.05) is 32.9 Å². The van der Waals surface area contributed by atoms with Crippen LogP contribution in [0.1, 0.15) is 37.4 Å². The van der Waals surface area contributed by atoms with Crippen molar-refractivity contribution in [2.45, 2.75) is 33.2 Å². The van der Waals surface area contributed by atoms with Gasteiger partial charge >= 0.3 is 5.97 Å². The van der Waals surface area contributed by atoms with E-state index < -0.39 is 12.0 Å². The van der Waals surface area contributed by atoms with Crippen molar-refractivity contribution in [3.8, 4) is 0 Å². The summed E-state index contributed by atoms with van der Waals surface area (Å²) in [6, 6.07) is 6.14. The average molecular weight is 249 g/mol. The molecule has 1 aromatic rings. The predicted molar refractivity (Wildman–Crippen MR) is 69.2 cm³/mol. The van der Waals surface area contributed by atoms with Gasteiger partial charge in [-0.05, 0) is 18.4 Å². The van der Waals surface area contributed by atoms with Crippen molar-refractivity contribution >= 4 is 11.9 Å².